The summed E-state index contributed by atoms with van der Waals surface area (Å²) < 4.78 is 8.52. The van der Waals surface area contributed by atoms with Gasteiger partial charge in [0.25, 0.3) is 0 Å². The summed E-state index contributed by atoms with van der Waals surface area (Å²) in [6, 6.07) is 14.9. The molecule has 2 aromatic carbocycles. The third-order valence-electron chi connectivity index (χ3n) is 3.50. The fraction of sp³-hybridized carbons (Fsp3) is 0.176. The van der Waals surface area contributed by atoms with Crippen molar-refractivity contribution in [2.75, 3.05) is 7.11 Å². The zero-order valence-electron chi connectivity index (χ0n) is 11.6. The van der Waals surface area contributed by atoms with Gasteiger partial charge in [0, 0.05) is 18.3 Å². The highest BCUT2D eigenvalue weighted by molar-refractivity contribution is 9.10. The molecule has 102 valence electrons. The molecule has 1 aromatic heterocycles. The van der Waals surface area contributed by atoms with Crippen LogP contribution < -0.4 is 4.74 Å². The van der Waals surface area contributed by atoms with Gasteiger partial charge in [-0.1, -0.05) is 17.7 Å². The van der Waals surface area contributed by atoms with Gasteiger partial charge in [-0.05, 0) is 64.1 Å². The Hall–Kier alpha value is -1.74. The molecule has 0 N–H and O–H groups in total. The predicted octanol–water partition coefficient (Wildman–Crippen LogP) is 4.77. The van der Waals surface area contributed by atoms with Gasteiger partial charge < -0.3 is 9.30 Å². The first-order valence-electron chi connectivity index (χ1n) is 6.55. The number of hydrogen-bond donors (Lipinski definition) is 0. The number of halogens is 1. The normalized spacial score (nSPS) is 10.9. The average Bonchev–Trinajstić information content (AvgIpc) is 2.81. The first kappa shape index (κ1) is 13.3. The highest BCUT2D eigenvalue weighted by atomic mass is 79.9. The van der Waals surface area contributed by atoms with Crippen LogP contribution in [0.15, 0.2) is 53.1 Å². The lowest BCUT2D eigenvalue weighted by Gasteiger charge is -2.09. The number of hydrogen-bond acceptors (Lipinski definition) is 1. The maximum absolute atomic E-state index is 5.26. The van der Waals surface area contributed by atoms with Crippen molar-refractivity contribution in [3.05, 3.63) is 64.3 Å². The second-order valence-electron chi connectivity index (χ2n) is 4.97. The van der Waals surface area contributed by atoms with Crippen molar-refractivity contribution in [1.29, 1.82) is 0 Å². The van der Waals surface area contributed by atoms with E-state index in [4.69, 9.17) is 4.74 Å². The van der Waals surface area contributed by atoms with E-state index in [2.05, 4.69) is 70.0 Å². The van der Waals surface area contributed by atoms with Crippen LogP contribution >= 0.6 is 15.9 Å². The standard InChI is InChI=1S/C17H16BrNO/c1-12-3-5-16-14(9-12)7-8-19(16)11-13-4-6-17(20-2)15(18)10-13/h3-10H,11H2,1-2H3. The number of aromatic nitrogens is 1. The van der Waals surface area contributed by atoms with Gasteiger partial charge in [0.05, 0.1) is 11.6 Å². The van der Waals surface area contributed by atoms with Crippen molar-refractivity contribution in [2.24, 2.45) is 0 Å². The summed E-state index contributed by atoms with van der Waals surface area (Å²) in [6.45, 7) is 2.98. The van der Waals surface area contributed by atoms with Crippen molar-refractivity contribution in [2.45, 2.75) is 13.5 Å². The van der Waals surface area contributed by atoms with Gasteiger partial charge in [-0.25, -0.2) is 0 Å². The van der Waals surface area contributed by atoms with Crippen LogP contribution in [0.2, 0.25) is 0 Å². The van der Waals surface area contributed by atoms with E-state index in [-0.39, 0.29) is 0 Å². The lowest BCUT2D eigenvalue weighted by atomic mass is 10.2. The zero-order valence-corrected chi connectivity index (χ0v) is 13.1. The molecule has 0 saturated heterocycles. The summed E-state index contributed by atoms with van der Waals surface area (Å²) in [5, 5.41) is 1.29. The Morgan fingerprint density at radius 2 is 1.95 bits per heavy atom. The highest BCUT2D eigenvalue weighted by Gasteiger charge is 2.05. The zero-order chi connectivity index (χ0) is 14.1. The van der Waals surface area contributed by atoms with Crippen LogP contribution in [0.1, 0.15) is 11.1 Å². The van der Waals surface area contributed by atoms with Crippen LogP contribution in [0.25, 0.3) is 10.9 Å². The lowest BCUT2D eigenvalue weighted by Crippen LogP contribution is -1.98. The van der Waals surface area contributed by atoms with Crippen molar-refractivity contribution in [3.8, 4) is 5.75 Å². The molecule has 0 aliphatic carbocycles. The molecule has 3 rings (SSSR count). The fourth-order valence-corrected chi connectivity index (χ4v) is 3.05. The summed E-state index contributed by atoms with van der Waals surface area (Å²) in [4.78, 5) is 0. The molecule has 0 bridgehead atoms. The van der Waals surface area contributed by atoms with Crippen molar-refractivity contribution >= 4 is 26.8 Å². The Kier molecular flexibility index (Phi) is 3.53. The number of aryl methyl sites for hydroxylation is 1. The van der Waals surface area contributed by atoms with E-state index < -0.39 is 0 Å². The Labute approximate surface area is 127 Å². The number of methoxy groups -OCH3 is 1. The number of rotatable bonds is 3. The quantitative estimate of drug-likeness (QED) is 0.675. The lowest BCUT2D eigenvalue weighted by molar-refractivity contribution is 0.412. The summed E-state index contributed by atoms with van der Waals surface area (Å²) >= 11 is 3.54. The van der Waals surface area contributed by atoms with E-state index in [1.165, 1.54) is 22.0 Å². The minimum absolute atomic E-state index is 0.856. The van der Waals surface area contributed by atoms with Gasteiger partial charge in [-0.15, -0.1) is 0 Å². The van der Waals surface area contributed by atoms with Crippen LogP contribution in [0.5, 0.6) is 5.75 Å². The summed E-state index contributed by atoms with van der Waals surface area (Å²) in [7, 11) is 1.68. The highest BCUT2D eigenvalue weighted by Crippen LogP contribution is 2.26. The molecule has 20 heavy (non-hydrogen) atoms. The van der Waals surface area contributed by atoms with Crippen LogP contribution in [-0.2, 0) is 6.54 Å². The Morgan fingerprint density at radius 3 is 2.70 bits per heavy atom. The third kappa shape index (κ3) is 2.46. The van der Waals surface area contributed by atoms with Crippen molar-refractivity contribution < 1.29 is 4.74 Å². The third-order valence-corrected chi connectivity index (χ3v) is 4.12. The molecule has 0 unspecified atom stereocenters. The van der Waals surface area contributed by atoms with Gasteiger partial charge in [-0.3, -0.25) is 0 Å². The van der Waals surface area contributed by atoms with Gasteiger partial charge in [-0.2, -0.15) is 0 Å². The van der Waals surface area contributed by atoms with Crippen LogP contribution in [0, 0.1) is 6.92 Å². The molecular formula is C17H16BrNO. The Bertz CT molecular complexity index is 761. The molecule has 0 aliphatic heterocycles. The van der Waals surface area contributed by atoms with E-state index in [0.717, 1.165) is 16.8 Å². The largest absolute Gasteiger partial charge is 0.496 e. The molecule has 0 atom stereocenters. The molecule has 0 amide bonds. The minimum Gasteiger partial charge on any atom is -0.496 e. The second-order valence-corrected chi connectivity index (χ2v) is 5.83. The molecule has 0 radical (unpaired) electrons. The van der Waals surface area contributed by atoms with E-state index in [0.29, 0.717) is 0 Å². The molecule has 0 aliphatic rings. The molecular weight excluding hydrogens is 314 g/mol. The maximum atomic E-state index is 5.26. The summed E-state index contributed by atoms with van der Waals surface area (Å²) in [5.74, 6) is 0.863. The fourth-order valence-electron chi connectivity index (χ4n) is 2.46. The topological polar surface area (TPSA) is 14.2 Å². The molecule has 3 heteroatoms. The first-order chi connectivity index (χ1) is 9.67. The van der Waals surface area contributed by atoms with E-state index >= 15 is 0 Å². The second kappa shape index (κ2) is 5.33. The van der Waals surface area contributed by atoms with Crippen LogP contribution in [0.3, 0.4) is 0 Å². The molecule has 0 spiro atoms. The monoisotopic (exact) mass is 329 g/mol. The van der Waals surface area contributed by atoms with Gasteiger partial charge in [0.1, 0.15) is 5.75 Å². The number of fused-ring (bicyclic) bond motifs is 1. The Morgan fingerprint density at radius 1 is 1.10 bits per heavy atom. The van der Waals surface area contributed by atoms with Crippen LogP contribution in [0.4, 0.5) is 0 Å². The SMILES string of the molecule is COc1ccc(Cn2ccc3cc(C)ccc32)cc1Br. The number of ether oxygens (including phenoxy) is 1. The summed E-state index contributed by atoms with van der Waals surface area (Å²) in [5.41, 5.74) is 3.81. The van der Waals surface area contributed by atoms with E-state index in [1.54, 1.807) is 7.11 Å². The Balaban J connectivity index is 1.95. The summed E-state index contributed by atoms with van der Waals surface area (Å²) in [6.07, 6.45) is 2.14. The van der Waals surface area contributed by atoms with E-state index in [1.807, 2.05) is 6.07 Å². The van der Waals surface area contributed by atoms with Crippen molar-refractivity contribution in [3.63, 3.8) is 0 Å². The van der Waals surface area contributed by atoms with Crippen LogP contribution in [-0.4, -0.2) is 11.7 Å². The van der Waals surface area contributed by atoms with Gasteiger partial charge in [0.15, 0.2) is 0 Å². The van der Waals surface area contributed by atoms with E-state index in [9.17, 15) is 0 Å². The first-order valence-corrected chi connectivity index (χ1v) is 7.34. The number of nitrogens with zero attached hydrogens (tertiary/aromatic N) is 1. The maximum Gasteiger partial charge on any atom is 0.133 e. The molecule has 0 saturated carbocycles. The smallest absolute Gasteiger partial charge is 0.133 e. The molecule has 3 aromatic rings. The average molecular weight is 330 g/mol. The molecule has 0 fully saturated rings. The molecule has 1 heterocycles. The van der Waals surface area contributed by atoms with Crippen molar-refractivity contribution in [1.82, 2.24) is 4.57 Å². The van der Waals surface area contributed by atoms with Gasteiger partial charge >= 0.3 is 0 Å². The van der Waals surface area contributed by atoms with Gasteiger partial charge in [0.2, 0.25) is 0 Å². The molecule has 2 nitrogen and oxygen atoms in total. The predicted molar refractivity (Wildman–Crippen MR) is 86.5 cm³/mol. The number of benzene rings is 2. The minimum atomic E-state index is 0.856.